The fourth-order valence-electron chi connectivity index (χ4n) is 2.35. The van der Waals surface area contributed by atoms with Crippen LogP contribution in [0.15, 0.2) is 30.4 Å². The van der Waals surface area contributed by atoms with E-state index in [0.717, 1.165) is 24.8 Å². The van der Waals surface area contributed by atoms with E-state index in [1.165, 1.54) is 0 Å². The van der Waals surface area contributed by atoms with Gasteiger partial charge in [0.25, 0.3) is 0 Å². The van der Waals surface area contributed by atoms with Gasteiger partial charge in [-0.2, -0.15) is 0 Å². The molecule has 26 heavy (non-hydrogen) atoms. The Hall–Kier alpha value is -2.01. The van der Waals surface area contributed by atoms with E-state index in [0.29, 0.717) is 37.1 Å². The van der Waals surface area contributed by atoms with E-state index in [1.807, 2.05) is 37.2 Å². The summed E-state index contributed by atoms with van der Waals surface area (Å²) in [5, 5.41) is 2.97. The van der Waals surface area contributed by atoms with Crippen LogP contribution in [-0.2, 0) is 11.3 Å². The van der Waals surface area contributed by atoms with E-state index in [-0.39, 0.29) is 5.91 Å². The van der Waals surface area contributed by atoms with E-state index in [9.17, 15) is 4.79 Å². The number of allylic oxidation sites excluding steroid dienone is 2. The molecule has 5 heteroatoms. The molecule has 0 unspecified atom stereocenters. The molecule has 0 aliphatic heterocycles. The zero-order chi connectivity index (χ0) is 19.4. The minimum absolute atomic E-state index is 0.0877. The van der Waals surface area contributed by atoms with E-state index >= 15 is 0 Å². The molecule has 1 rings (SSSR count). The third-order valence-corrected chi connectivity index (χ3v) is 3.74. The number of methoxy groups -OCH3 is 1. The van der Waals surface area contributed by atoms with Gasteiger partial charge >= 0.3 is 0 Å². The molecule has 0 heterocycles. The monoisotopic (exact) mass is 362 g/mol. The molecular formula is C21H34N2O3. The van der Waals surface area contributed by atoms with Crippen molar-refractivity contribution in [3.8, 4) is 11.5 Å². The van der Waals surface area contributed by atoms with Crippen molar-refractivity contribution >= 4 is 5.91 Å². The first kappa shape index (κ1) is 22.0. The van der Waals surface area contributed by atoms with Gasteiger partial charge < -0.3 is 14.8 Å². The van der Waals surface area contributed by atoms with Gasteiger partial charge in [0.05, 0.1) is 7.11 Å². The highest BCUT2D eigenvalue weighted by atomic mass is 16.5. The van der Waals surface area contributed by atoms with E-state index in [1.54, 1.807) is 7.11 Å². The van der Waals surface area contributed by atoms with Crippen LogP contribution in [0.5, 0.6) is 11.5 Å². The Morgan fingerprint density at radius 1 is 1.23 bits per heavy atom. The van der Waals surface area contributed by atoms with Crippen LogP contribution in [0.25, 0.3) is 0 Å². The molecule has 0 atom stereocenters. The maximum Gasteiger partial charge on any atom is 0.220 e. The largest absolute Gasteiger partial charge is 0.493 e. The lowest BCUT2D eigenvalue weighted by Gasteiger charge is -2.15. The van der Waals surface area contributed by atoms with Crippen LogP contribution in [0, 0.1) is 5.92 Å². The first-order valence-corrected chi connectivity index (χ1v) is 9.30. The number of nitrogens with one attached hydrogen (secondary N) is 1. The van der Waals surface area contributed by atoms with Gasteiger partial charge in [-0.25, -0.2) is 0 Å². The SMILES string of the molecule is COc1cc(CNC(=O)CCCC/C=C/C(C)C)ccc1OCN(C)C. The molecule has 1 aromatic carbocycles. The number of amides is 1. The second-order valence-corrected chi connectivity index (χ2v) is 7.03. The summed E-state index contributed by atoms with van der Waals surface area (Å²) in [7, 11) is 5.50. The molecule has 0 saturated heterocycles. The summed E-state index contributed by atoms with van der Waals surface area (Å²) in [5.74, 6) is 2.06. The molecule has 0 radical (unpaired) electrons. The smallest absolute Gasteiger partial charge is 0.220 e. The highest BCUT2D eigenvalue weighted by Gasteiger charge is 2.07. The number of benzene rings is 1. The first-order valence-electron chi connectivity index (χ1n) is 9.30. The van der Waals surface area contributed by atoms with Crippen LogP contribution in [0.1, 0.15) is 45.1 Å². The fourth-order valence-corrected chi connectivity index (χ4v) is 2.35. The lowest BCUT2D eigenvalue weighted by Crippen LogP contribution is -2.22. The van der Waals surface area contributed by atoms with Crippen molar-refractivity contribution < 1.29 is 14.3 Å². The molecular weight excluding hydrogens is 328 g/mol. The minimum atomic E-state index is 0.0877. The quantitative estimate of drug-likeness (QED) is 0.347. The Balaban J connectivity index is 2.36. The van der Waals surface area contributed by atoms with Gasteiger partial charge in [-0.3, -0.25) is 9.69 Å². The average molecular weight is 363 g/mol. The minimum Gasteiger partial charge on any atom is -0.493 e. The predicted octanol–water partition coefficient (Wildman–Crippen LogP) is 3.98. The summed E-state index contributed by atoms with van der Waals surface area (Å²) in [6.07, 6.45) is 7.97. The molecule has 0 saturated carbocycles. The number of nitrogens with zero attached hydrogens (tertiary/aromatic N) is 1. The molecule has 0 fully saturated rings. The third kappa shape index (κ3) is 9.47. The van der Waals surface area contributed by atoms with Crippen LogP contribution < -0.4 is 14.8 Å². The number of hydrogen-bond acceptors (Lipinski definition) is 4. The Kier molecular flexibility index (Phi) is 10.5. The van der Waals surface area contributed by atoms with Gasteiger partial charge in [-0.05, 0) is 57.0 Å². The average Bonchev–Trinajstić information content (AvgIpc) is 2.60. The van der Waals surface area contributed by atoms with Gasteiger partial charge in [0.1, 0.15) is 6.73 Å². The summed E-state index contributed by atoms with van der Waals surface area (Å²) >= 11 is 0. The highest BCUT2D eigenvalue weighted by Crippen LogP contribution is 2.28. The Labute approximate surface area is 158 Å². The molecule has 146 valence electrons. The lowest BCUT2D eigenvalue weighted by molar-refractivity contribution is -0.121. The molecule has 1 aromatic rings. The zero-order valence-electron chi connectivity index (χ0n) is 16.9. The summed E-state index contributed by atoms with van der Waals surface area (Å²) in [5.41, 5.74) is 0.993. The molecule has 0 spiro atoms. The van der Waals surface area contributed by atoms with Crippen molar-refractivity contribution in [3.63, 3.8) is 0 Å². The maximum atomic E-state index is 12.0. The van der Waals surface area contributed by atoms with E-state index in [2.05, 4.69) is 31.3 Å². The summed E-state index contributed by atoms with van der Waals surface area (Å²) < 4.78 is 11.1. The number of hydrogen-bond donors (Lipinski definition) is 1. The van der Waals surface area contributed by atoms with Gasteiger partial charge in [-0.15, -0.1) is 0 Å². The second-order valence-electron chi connectivity index (χ2n) is 7.03. The van der Waals surface area contributed by atoms with Gasteiger partial charge in [0.2, 0.25) is 5.91 Å². The first-order chi connectivity index (χ1) is 12.4. The number of carbonyl (C=O) groups excluding carboxylic acids is 1. The number of unbranched alkanes of at least 4 members (excludes halogenated alkanes) is 2. The van der Waals surface area contributed by atoms with Gasteiger partial charge in [0, 0.05) is 13.0 Å². The second kappa shape index (κ2) is 12.4. The standard InChI is InChI=1S/C21H34N2O3/c1-17(2)10-8-6-7-9-11-21(24)22-15-18-12-13-19(20(14-18)25-5)26-16-23(3)4/h8,10,12-14,17H,6-7,9,11,15-16H2,1-5H3,(H,22,24)/b10-8+. The summed E-state index contributed by atoms with van der Waals surface area (Å²) in [4.78, 5) is 13.9. The maximum absolute atomic E-state index is 12.0. The van der Waals surface area contributed by atoms with Crippen molar-refractivity contribution in [1.82, 2.24) is 10.2 Å². The third-order valence-electron chi connectivity index (χ3n) is 3.74. The normalized spacial score (nSPS) is 11.3. The Morgan fingerprint density at radius 3 is 2.65 bits per heavy atom. The van der Waals surface area contributed by atoms with Crippen LogP contribution in [0.3, 0.4) is 0 Å². The van der Waals surface area contributed by atoms with E-state index in [4.69, 9.17) is 9.47 Å². The highest BCUT2D eigenvalue weighted by molar-refractivity contribution is 5.75. The fraction of sp³-hybridized carbons (Fsp3) is 0.571. The van der Waals surface area contributed by atoms with Crippen LogP contribution in [0.4, 0.5) is 0 Å². The molecule has 1 amide bonds. The predicted molar refractivity (Wildman–Crippen MR) is 106 cm³/mol. The van der Waals surface area contributed by atoms with Crippen LogP contribution in [0.2, 0.25) is 0 Å². The van der Waals surface area contributed by atoms with Crippen molar-refractivity contribution in [3.05, 3.63) is 35.9 Å². The van der Waals surface area contributed by atoms with Crippen LogP contribution >= 0.6 is 0 Å². The van der Waals surface area contributed by atoms with Crippen molar-refractivity contribution in [2.75, 3.05) is 27.9 Å². The molecule has 5 nitrogen and oxygen atoms in total. The number of ether oxygens (including phenoxy) is 2. The zero-order valence-corrected chi connectivity index (χ0v) is 16.9. The molecule has 0 aliphatic carbocycles. The molecule has 0 aromatic heterocycles. The number of rotatable bonds is 12. The molecule has 0 bridgehead atoms. The van der Waals surface area contributed by atoms with Gasteiger partial charge in [0.15, 0.2) is 11.5 Å². The topological polar surface area (TPSA) is 50.8 Å². The van der Waals surface area contributed by atoms with Crippen molar-refractivity contribution in [1.29, 1.82) is 0 Å². The van der Waals surface area contributed by atoms with Gasteiger partial charge in [-0.1, -0.05) is 32.1 Å². The Morgan fingerprint density at radius 2 is 2.00 bits per heavy atom. The van der Waals surface area contributed by atoms with E-state index < -0.39 is 0 Å². The van der Waals surface area contributed by atoms with Crippen molar-refractivity contribution in [2.24, 2.45) is 5.92 Å². The lowest BCUT2D eigenvalue weighted by atomic mass is 10.1. The number of carbonyl (C=O) groups is 1. The summed E-state index contributed by atoms with van der Waals surface area (Å²) in [6.45, 7) is 5.31. The Bertz CT molecular complexity index is 568. The molecule has 0 aliphatic rings. The molecule has 1 N–H and O–H groups in total. The van der Waals surface area contributed by atoms with Crippen LogP contribution in [-0.4, -0.2) is 38.7 Å². The van der Waals surface area contributed by atoms with Crippen molar-refractivity contribution in [2.45, 2.75) is 46.1 Å². The summed E-state index contributed by atoms with van der Waals surface area (Å²) in [6, 6.07) is 5.73.